The van der Waals surface area contributed by atoms with Gasteiger partial charge in [0.05, 0.1) is 34.5 Å². The molecule has 298 valence electrons. The van der Waals surface area contributed by atoms with Gasteiger partial charge in [0.1, 0.15) is 12.6 Å². The second-order valence-corrected chi connectivity index (χ2v) is 16.2. The minimum atomic E-state index is -1.18. The fraction of sp³-hybridized carbons (Fsp3) is 0.528. The smallest absolute Gasteiger partial charge is 0.408 e. The van der Waals surface area contributed by atoms with Crippen molar-refractivity contribution in [3.63, 3.8) is 0 Å². The van der Waals surface area contributed by atoms with Gasteiger partial charge in [0.2, 0.25) is 23.7 Å². The number of aromatic nitrogens is 4. The van der Waals surface area contributed by atoms with Crippen molar-refractivity contribution < 1.29 is 33.9 Å². The quantitative estimate of drug-likeness (QED) is 0.102. The number of carboxylic acid groups (broad SMARTS) is 1. The number of carbonyl (C=O) groups is 6. The molecular formula is C36H44ClN11O7S. The number of aryl methyl sites for hydroxylation is 1. The summed E-state index contributed by atoms with van der Waals surface area (Å²) in [5.74, 6) is -0.448. The third-order valence-electron chi connectivity index (χ3n) is 10.7. The monoisotopic (exact) mass is 809 g/mol. The third-order valence-corrected chi connectivity index (χ3v) is 12.1. The number of urea groups is 1. The maximum absolute atomic E-state index is 12.9. The minimum absolute atomic E-state index is 0.0142. The van der Waals surface area contributed by atoms with Crippen LogP contribution in [0.15, 0.2) is 18.5 Å². The zero-order chi connectivity index (χ0) is 39.5. The molecule has 20 heteroatoms. The van der Waals surface area contributed by atoms with Crippen LogP contribution in [-0.4, -0.2) is 108 Å². The lowest BCUT2D eigenvalue weighted by atomic mass is 9.90. The molecule has 7 amide bonds. The molecule has 4 aliphatic rings. The Kier molecular flexibility index (Phi) is 11.7. The SMILES string of the molecule is Cn1ncc(-c2nc(NC3CCC(N(CC(=O)NCCNC(=O)NCc4cc5c(s4)C(=O)N(C4CCC(=O)NC4=O)C5)C(=O)O)CC3)ncc2Cl)c1CC1CC1. The van der Waals surface area contributed by atoms with E-state index >= 15 is 0 Å². The number of rotatable bonds is 14. The number of amides is 7. The first kappa shape index (κ1) is 39.0. The van der Waals surface area contributed by atoms with Crippen molar-refractivity contribution >= 4 is 64.6 Å². The Morgan fingerprint density at radius 1 is 1.04 bits per heavy atom. The van der Waals surface area contributed by atoms with Crippen molar-refractivity contribution in [2.24, 2.45) is 13.0 Å². The lowest BCUT2D eigenvalue weighted by Gasteiger charge is -2.35. The highest BCUT2D eigenvalue weighted by atomic mass is 35.5. The van der Waals surface area contributed by atoms with Gasteiger partial charge in [0.15, 0.2) is 0 Å². The average Bonchev–Trinajstić information content (AvgIpc) is 3.68. The lowest BCUT2D eigenvalue weighted by molar-refractivity contribution is -0.137. The minimum Gasteiger partial charge on any atom is -0.465 e. The molecule has 0 radical (unpaired) electrons. The van der Waals surface area contributed by atoms with E-state index in [9.17, 15) is 33.9 Å². The largest absolute Gasteiger partial charge is 0.465 e. The van der Waals surface area contributed by atoms with Crippen molar-refractivity contribution in [3.8, 4) is 11.3 Å². The predicted octanol–water partition coefficient (Wildman–Crippen LogP) is 2.62. The van der Waals surface area contributed by atoms with Crippen LogP contribution in [0.4, 0.5) is 15.5 Å². The zero-order valence-corrected chi connectivity index (χ0v) is 32.4. The summed E-state index contributed by atoms with van der Waals surface area (Å²) in [6.07, 6.45) is 8.42. The van der Waals surface area contributed by atoms with Crippen LogP contribution in [0, 0.1) is 5.92 Å². The van der Waals surface area contributed by atoms with E-state index in [1.54, 1.807) is 12.4 Å². The van der Waals surface area contributed by atoms with Gasteiger partial charge in [-0.3, -0.25) is 34.1 Å². The summed E-state index contributed by atoms with van der Waals surface area (Å²) in [5.41, 5.74) is 3.39. The van der Waals surface area contributed by atoms with Gasteiger partial charge in [-0.25, -0.2) is 19.6 Å². The molecule has 6 N–H and O–H groups in total. The van der Waals surface area contributed by atoms with Crippen LogP contribution in [-0.2, 0) is 40.9 Å². The molecule has 5 heterocycles. The summed E-state index contributed by atoms with van der Waals surface area (Å²) >= 11 is 7.77. The van der Waals surface area contributed by atoms with Crippen LogP contribution in [0.25, 0.3) is 11.3 Å². The molecule has 7 rings (SSSR count). The van der Waals surface area contributed by atoms with Gasteiger partial charge in [0.25, 0.3) is 5.91 Å². The topological polar surface area (TPSA) is 233 Å². The van der Waals surface area contributed by atoms with E-state index in [0.717, 1.165) is 28.1 Å². The van der Waals surface area contributed by atoms with Gasteiger partial charge in [-0.15, -0.1) is 11.3 Å². The molecule has 3 aromatic heterocycles. The Balaban J connectivity index is 0.807. The van der Waals surface area contributed by atoms with Gasteiger partial charge in [-0.05, 0) is 68.9 Å². The molecule has 0 bridgehead atoms. The summed E-state index contributed by atoms with van der Waals surface area (Å²) in [6, 6.07) is 0.340. The number of halogens is 1. The molecule has 1 unspecified atom stereocenters. The van der Waals surface area contributed by atoms with E-state index in [4.69, 9.17) is 16.6 Å². The van der Waals surface area contributed by atoms with Crippen LogP contribution in [0.5, 0.6) is 0 Å². The van der Waals surface area contributed by atoms with E-state index in [0.29, 0.717) is 53.1 Å². The second kappa shape index (κ2) is 16.8. The van der Waals surface area contributed by atoms with Crippen molar-refractivity contribution in [1.29, 1.82) is 0 Å². The van der Waals surface area contributed by atoms with Crippen molar-refractivity contribution in [1.82, 2.24) is 50.8 Å². The zero-order valence-electron chi connectivity index (χ0n) is 30.8. The highest BCUT2D eigenvalue weighted by Crippen LogP contribution is 2.37. The van der Waals surface area contributed by atoms with E-state index in [2.05, 4.69) is 36.7 Å². The maximum Gasteiger partial charge on any atom is 0.408 e. The molecule has 0 aromatic carbocycles. The number of hydrogen-bond donors (Lipinski definition) is 6. The fourth-order valence-electron chi connectivity index (χ4n) is 7.50. The van der Waals surface area contributed by atoms with Crippen LogP contribution in [0.3, 0.4) is 0 Å². The van der Waals surface area contributed by atoms with E-state index in [-0.39, 0.29) is 69.5 Å². The number of nitrogens with zero attached hydrogens (tertiary/aromatic N) is 6. The van der Waals surface area contributed by atoms with Gasteiger partial charge < -0.3 is 31.3 Å². The third kappa shape index (κ3) is 9.04. The van der Waals surface area contributed by atoms with Gasteiger partial charge in [-0.1, -0.05) is 11.6 Å². The lowest BCUT2D eigenvalue weighted by Crippen LogP contribution is -2.52. The van der Waals surface area contributed by atoms with E-state index in [1.165, 1.54) is 34.0 Å². The Morgan fingerprint density at radius 2 is 1.80 bits per heavy atom. The second-order valence-electron chi connectivity index (χ2n) is 14.7. The summed E-state index contributed by atoms with van der Waals surface area (Å²) in [7, 11) is 1.92. The Hall–Kier alpha value is -5.30. The van der Waals surface area contributed by atoms with Crippen molar-refractivity contribution in [3.05, 3.63) is 44.5 Å². The first-order valence-electron chi connectivity index (χ1n) is 18.8. The fourth-order valence-corrected chi connectivity index (χ4v) is 8.76. The summed E-state index contributed by atoms with van der Waals surface area (Å²) in [6.45, 7) is 0.311. The standard InChI is InChI=1S/C36H44ClN11O7S/c1-46-27(12-19-2-3-19)24(15-42-46)30-25(37)16-40-34(45-30)43-21-4-6-22(7-5-21)47(36(54)55)18-29(50)38-10-11-39-35(53)41-14-23-13-20-17-48(33(52)31(20)56-23)26-8-9-28(49)44-32(26)51/h13,15-16,19,21-22,26H,2-12,14,17-18H2,1H3,(H,38,50)(H,54,55)(H2,39,41,53)(H,40,43,45)(H,44,49,51). The first-order valence-corrected chi connectivity index (χ1v) is 20.0. The Bertz CT molecular complexity index is 2030. The molecule has 1 atom stereocenters. The number of anilines is 1. The molecule has 2 aliphatic carbocycles. The Labute approximate surface area is 331 Å². The number of nitrogens with one attached hydrogen (secondary N) is 5. The Morgan fingerprint density at radius 3 is 2.52 bits per heavy atom. The van der Waals surface area contributed by atoms with Crippen LogP contribution in [0.2, 0.25) is 5.02 Å². The molecule has 2 saturated carbocycles. The van der Waals surface area contributed by atoms with Gasteiger partial charge in [-0.2, -0.15) is 5.10 Å². The summed E-state index contributed by atoms with van der Waals surface area (Å²) < 4.78 is 1.87. The number of thiophene rings is 1. The predicted molar refractivity (Wildman–Crippen MR) is 204 cm³/mol. The highest BCUT2D eigenvalue weighted by molar-refractivity contribution is 7.14. The highest BCUT2D eigenvalue weighted by Gasteiger charge is 2.40. The summed E-state index contributed by atoms with van der Waals surface area (Å²) in [4.78, 5) is 87.0. The molecule has 1 saturated heterocycles. The molecule has 56 heavy (non-hydrogen) atoms. The van der Waals surface area contributed by atoms with E-state index < -0.39 is 30.0 Å². The number of carbonyl (C=O) groups excluding carboxylic acids is 5. The molecule has 3 fully saturated rings. The summed E-state index contributed by atoms with van der Waals surface area (Å²) in [5, 5.41) is 28.5. The van der Waals surface area contributed by atoms with Gasteiger partial charge in [0, 0.05) is 61.3 Å². The average molecular weight is 810 g/mol. The molecular weight excluding hydrogens is 766 g/mol. The molecule has 0 spiro atoms. The first-order chi connectivity index (χ1) is 26.9. The van der Waals surface area contributed by atoms with Crippen LogP contribution in [0.1, 0.15) is 77.2 Å². The van der Waals surface area contributed by atoms with Crippen molar-refractivity contribution in [2.75, 3.05) is 25.0 Å². The number of fused-ring (bicyclic) bond motifs is 1. The molecule has 18 nitrogen and oxygen atoms in total. The van der Waals surface area contributed by atoms with Crippen molar-refractivity contribution in [2.45, 2.75) is 89.0 Å². The van der Waals surface area contributed by atoms with E-state index in [1.807, 2.05) is 17.8 Å². The number of hydrogen-bond acceptors (Lipinski definition) is 11. The van der Waals surface area contributed by atoms with Gasteiger partial charge >= 0.3 is 12.1 Å². The molecule has 2 aliphatic heterocycles. The molecule has 3 aromatic rings. The maximum atomic E-state index is 12.9. The van der Waals surface area contributed by atoms with Crippen LogP contribution >= 0.6 is 22.9 Å². The number of imide groups is 1. The number of piperidine rings is 1. The normalized spacial score (nSPS) is 20.6. The van der Waals surface area contributed by atoms with Crippen LogP contribution < -0.4 is 26.6 Å².